The summed E-state index contributed by atoms with van der Waals surface area (Å²) in [6.07, 6.45) is 1.67. The minimum atomic E-state index is -5.05. The molecule has 0 bridgehead atoms. The van der Waals surface area contributed by atoms with Crippen molar-refractivity contribution in [3.63, 3.8) is 0 Å². The zero-order valence-corrected chi connectivity index (χ0v) is 11.6. The number of hydrogen-bond donors (Lipinski definition) is 5. The molecule has 0 spiro atoms. The Morgan fingerprint density at radius 1 is 0.950 bits per heavy atom. The normalized spacial score (nSPS) is 11.8. The average Bonchev–Trinajstić information content (AvgIpc) is 2.25. The zero-order valence-electron chi connectivity index (χ0n) is 9.77. The fourth-order valence-electron chi connectivity index (χ4n) is 1.23. The summed E-state index contributed by atoms with van der Waals surface area (Å²) >= 11 is 0. The molecule has 0 aliphatic heterocycles. The van der Waals surface area contributed by atoms with Crippen LogP contribution in [-0.4, -0.2) is 29.7 Å². The van der Waals surface area contributed by atoms with Crippen LogP contribution in [0.2, 0.25) is 0 Å². The predicted molar refractivity (Wildman–Crippen MR) is 68.6 cm³/mol. The van der Waals surface area contributed by atoms with Crippen molar-refractivity contribution < 1.29 is 38.1 Å². The zero-order chi connectivity index (χ0) is 15.4. The summed E-state index contributed by atoms with van der Waals surface area (Å²) in [5.74, 6) is 0.239. The van der Waals surface area contributed by atoms with Crippen LogP contribution in [0.1, 0.15) is 0 Å². The number of nitrogens with zero attached hydrogens (tertiary/aromatic N) is 1. The van der Waals surface area contributed by atoms with E-state index in [0.29, 0.717) is 5.52 Å². The first-order valence-electron chi connectivity index (χ1n) is 4.94. The van der Waals surface area contributed by atoms with Gasteiger partial charge in [0.2, 0.25) is 0 Å². The molecule has 11 heteroatoms. The second-order valence-corrected chi connectivity index (χ2v) is 6.03. The SMILES string of the molecule is O=P(O)(O)OP(=O)(O)O.Oc1cccc2cccnc12. The lowest BCUT2D eigenvalue weighted by Crippen LogP contribution is -1.84. The summed E-state index contributed by atoms with van der Waals surface area (Å²) in [6.45, 7) is 0. The van der Waals surface area contributed by atoms with Crippen molar-refractivity contribution in [3.8, 4) is 5.75 Å². The maximum Gasteiger partial charge on any atom is 0.478 e. The van der Waals surface area contributed by atoms with E-state index < -0.39 is 15.6 Å². The Labute approximate surface area is 113 Å². The van der Waals surface area contributed by atoms with Crippen LogP contribution in [0.15, 0.2) is 36.5 Å². The van der Waals surface area contributed by atoms with Crippen LogP contribution in [-0.2, 0) is 13.4 Å². The lowest BCUT2D eigenvalue weighted by atomic mass is 10.2. The third kappa shape index (κ3) is 6.23. The summed E-state index contributed by atoms with van der Waals surface area (Å²) in [4.78, 5) is 35.0. The molecular formula is C9H11NO8P2. The van der Waals surface area contributed by atoms with Gasteiger partial charge < -0.3 is 24.7 Å². The van der Waals surface area contributed by atoms with Crippen molar-refractivity contribution >= 4 is 26.5 Å². The first-order chi connectivity index (χ1) is 9.08. The minimum Gasteiger partial charge on any atom is -0.506 e. The Hall–Kier alpha value is -1.31. The molecule has 0 aliphatic carbocycles. The van der Waals surface area contributed by atoms with Gasteiger partial charge in [0, 0.05) is 11.6 Å². The summed E-state index contributed by atoms with van der Waals surface area (Å²) in [5.41, 5.74) is 0.662. The van der Waals surface area contributed by atoms with E-state index in [-0.39, 0.29) is 5.75 Å². The summed E-state index contributed by atoms with van der Waals surface area (Å²) in [5, 5.41) is 10.3. The number of aromatic nitrogens is 1. The number of fused-ring (bicyclic) bond motifs is 1. The molecule has 0 aliphatic rings. The monoisotopic (exact) mass is 323 g/mol. The van der Waals surface area contributed by atoms with Crippen LogP contribution in [0.4, 0.5) is 0 Å². The Bertz CT molecular complexity index is 653. The summed E-state index contributed by atoms with van der Waals surface area (Å²) in [6, 6.07) is 9.13. The standard InChI is InChI=1S/C9H7NO.H4O7P2/c11-8-5-1-3-7-4-2-6-10-9(7)8;1-8(2,3)7-9(4,5)6/h1-6,11H;(H2,1,2,3)(H2,4,5,6). The van der Waals surface area contributed by atoms with E-state index in [0.717, 1.165) is 5.39 Å². The van der Waals surface area contributed by atoms with Gasteiger partial charge in [0.15, 0.2) is 0 Å². The number of aromatic hydroxyl groups is 1. The first-order valence-corrected chi connectivity index (χ1v) is 8.00. The number of hydrogen-bond acceptors (Lipinski definition) is 5. The quantitative estimate of drug-likeness (QED) is 0.511. The molecule has 1 heterocycles. The van der Waals surface area contributed by atoms with E-state index in [1.807, 2.05) is 18.2 Å². The molecule has 1 aromatic carbocycles. The number of rotatable bonds is 2. The third-order valence-corrected chi connectivity index (χ3v) is 3.53. The Kier molecular flexibility index (Phi) is 5.38. The van der Waals surface area contributed by atoms with Gasteiger partial charge >= 0.3 is 15.6 Å². The molecule has 0 saturated carbocycles. The predicted octanol–water partition coefficient (Wildman–Crippen LogP) is 1.13. The van der Waals surface area contributed by atoms with Gasteiger partial charge in [-0.25, -0.2) is 9.13 Å². The van der Waals surface area contributed by atoms with Crippen LogP contribution in [0.3, 0.4) is 0 Å². The molecule has 0 unspecified atom stereocenters. The second kappa shape index (κ2) is 6.43. The Balaban J connectivity index is 0.000000206. The van der Waals surface area contributed by atoms with E-state index in [2.05, 4.69) is 9.29 Å². The number of phenolic OH excluding ortho intramolecular Hbond substituents is 1. The smallest absolute Gasteiger partial charge is 0.478 e. The third-order valence-electron chi connectivity index (χ3n) is 1.82. The number of benzene rings is 1. The highest BCUT2D eigenvalue weighted by atomic mass is 31.3. The topological polar surface area (TPSA) is 157 Å². The van der Waals surface area contributed by atoms with E-state index in [1.54, 1.807) is 18.3 Å². The lowest BCUT2D eigenvalue weighted by molar-refractivity contribution is 0.225. The van der Waals surface area contributed by atoms with Crippen LogP contribution in [0, 0.1) is 0 Å². The van der Waals surface area contributed by atoms with Gasteiger partial charge in [-0.3, -0.25) is 4.98 Å². The maximum absolute atomic E-state index is 9.63. The molecule has 110 valence electrons. The Morgan fingerprint density at radius 2 is 1.50 bits per heavy atom. The number of phosphoric acid groups is 2. The van der Waals surface area contributed by atoms with E-state index >= 15 is 0 Å². The molecule has 0 saturated heterocycles. The van der Waals surface area contributed by atoms with Crippen LogP contribution in [0.5, 0.6) is 5.75 Å². The molecule has 0 amide bonds. The lowest BCUT2D eigenvalue weighted by Gasteiger charge is -2.03. The molecule has 20 heavy (non-hydrogen) atoms. The summed E-state index contributed by atoms with van der Waals surface area (Å²) in [7, 11) is -10.1. The van der Waals surface area contributed by atoms with Crippen molar-refractivity contribution in [1.82, 2.24) is 4.98 Å². The van der Waals surface area contributed by atoms with Gasteiger partial charge in [0.05, 0.1) is 0 Å². The van der Waals surface area contributed by atoms with E-state index in [9.17, 15) is 14.2 Å². The second-order valence-electron chi connectivity index (χ2n) is 3.42. The van der Waals surface area contributed by atoms with Crippen molar-refractivity contribution in [2.75, 3.05) is 0 Å². The molecule has 0 radical (unpaired) electrons. The number of phenols is 1. The number of para-hydroxylation sites is 1. The van der Waals surface area contributed by atoms with Gasteiger partial charge in [0.25, 0.3) is 0 Å². The largest absolute Gasteiger partial charge is 0.506 e. The van der Waals surface area contributed by atoms with E-state index in [1.165, 1.54) is 0 Å². The van der Waals surface area contributed by atoms with Crippen molar-refractivity contribution in [1.29, 1.82) is 0 Å². The maximum atomic E-state index is 9.63. The summed E-state index contributed by atoms with van der Waals surface area (Å²) < 4.78 is 22.2. The molecule has 1 aromatic heterocycles. The first kappa shape index (κ1) is 16.7. The molecule has 2 aromatic rings. The highest BCUT2D eigenvalue weighted by Gasteiger charge is 2.27. The minimum absolute atomic E-state index is 0.239. The highest BCUT2D eigenvalue weighted by molar-refractivity contribution is 7.60. The van der Waals surface area contributed by atoms with Gasteiger partial charge in [-0.15, -0.1) is 0 Å². The van der Waals surface area contributed by atoms with Gasteiger partial charge in [0.1, 0.15) is 11.3 Å². The fourth-order valence-corrected chi connectivity index (χ4v) is 2.34. The van der Waals surface area contributed by atoms with Crippen LogP contribution < -0.4 is 0 Å². The Morgan fingerprint density at radius 3 is 1.95 bits per heavy atom. The van der Waals surface area contributed by atoms with Crippen molar-refractivity contribution in [2.24, 2.45) is 0 Å². The molecule has 0 atom stereocenters. The molecular weight excluding hydrogens is 312 g/mol. The fraction of sp³-hybridized carbons (Fsp3) is 0. The number of pyridine rings is 1. The van der Waals surface area contributed by atoms with Crippen molar-refractivity contribution in [3.05, 3.63) is 36.5 Å². The van der Waals surface area contributed by atoms with Crippen LogP contribution in [0.25, 0.3) is 10.9 Å². The highest BCUT2D eigenvalue weighted by Crippen LogP contribution is 2.53. The van der Waals surface area contributed by atoms with E-state index in [4.69, 9.17) is 19.6 Å². The van der Waals surface area contributed by atoms with Gasteiger partial charge in [-0.1, -0.05) is 18.2 Å². The van der Waals surface area contributed by atoms with Crippen molar-refractivity contribution in [2.45, 2.75) is 0 Å². The molecule has 9 nitrogen and oxygen atoms in total. The molecule has 0 fully saturated rings. The van der Waals surface area contributed by atoms with Gasteiger partial charge in [-0.05, 0) is 12.1 Å². The molecule has 2 rings (SSSR count). The average molecular weight is 323 g/mol. The van der Waals surface area contributed by atoms with Gasteiger partial charge in [-0.2, -0.15) is 4.31 Å². The van der Waals surface area contributed by atoms with Crippen LogP contribution >= 0.6 is 15.6 Å². The molecule has 5 N–H and O–H groups in total.